The number of aromatic nitrogens is 3. The van der Waals surface area contributed by atoms with Crippen LogP contribution in [0.1, 0.15) is 37.7 Å². The normalized spacial score (nSPS) is 10.8. The molecule has 4 aromatic carbocycles. The summed E-state index contributed by atoms with van der Waals surface area (Å²) in [5.74, 6) is -0.340. The van der Waals surface area contributed by atoms with E-state index in [0.717, 1.165) is 22.6 Å². The predicted molar refractivity (Wildman–Crippen MR) is 178 cm³/mol. The molecule has 0 aliphatic carbocycles. The van der Waals surface area contributed by atoms with Gasteiger partial charge in [-0.05, 0) is 68.5 Å². The Kier molecular flexibility index (Phi) is 8.18. The number of ketones is 1. The molecule has 2 N–H and O–H groups in total. The van der Waals surface area contributed by atoms with Gasteiger partial charge in [-0.2, -0.15) is 5.10 Å². The molecule has 7 nitrogen and oxygen atoms in total. The Hall–Kier alpha value is -5.67. The third kappa shape index (κ3) is 6.07. The number of thiocarbonyl (C=S) groups is 1. The van der Waals surface area contributed by atoms with Crippen LogP contribution in [0.4, 0.5) is 10.2 Å². The lowest BCUT2D eigenvalue weighted by Crippen LogP contribution is -2.34. The first-order chi connectivity index (χ1) is 21.8. The van der Waals surface area contributed by atoms with Crippen LogP contribution in [0.3, 0.4) is 0 Å². The number of rotatable bonds is 7. The van der Waals surface area contributed by atoms with Crippen molar-refractivity contribution in [1.82, 2.24) is 19.7 Å². The number of hydrogen-bond donors (Lipinski definition) is 2. The summed E-state index contributed by atoms with van der Waals surface area (Å²) in [6.07, 6.45) is 0. The van der Waals surface area contributed by atoms with Crippen LogP contribution in [-0.2, 0) is 0 Å². The maximum Gasteiger partial charge on any atom is 0.257 e. The number of halogens is 1. The van der Waals surface area contributed by atoms with Gasteiger partial charge in [0.2, 0.25) is 0 Å². The minimum Gasteiger partial charge on any atom is -0.317 e. The van der Waals surface area contributed by atoms with Crippen LogP contribution in [-0.4, -0.2) is 31.2 Å². The van der Waals surface area contributed by atoms with Crippen LogP contribution in [0.2, 0.25) is 0 Å². The standard InChI is InChI=1S/C36H28FN5O2S/c1-23-21-29(24(2)41(23)32-16-10-9-15-30(32)37)31-22-33(42(40-31)28-13-7-4-8-14-28)38-36(45)39-35(44)27-19-17-26(18-20-27)34(43)25-11-5-3-6-12-25/h3-22H,1-2H3,(H2,38,39,44,45). The molecule has 2 aromatic heterocycles. The monoisotopic (exact) mass is 613 g/mol. The molecule has 9 heteroatoms. The summed E-state index contributed by atoms with van der Waals surface area (Å²) >= 11 is 5.52. The highest BCUT2D eigenvalue weighted by Gasteiger charge is 2.20. The molecule has 1 amide bonds. The van der Waals surface area contributed by atoms with Crippen molar-refractivity contribution in [2.24, 2.45) is 0 Å². The minimum atomic E-state index is -0.425. The summed E-state index contributed by atoms with van der Waals surface area (Å²) < 4.78 is 18.3. The third-order valence-corrected chi connectivity index (χ3v) is 7.63. The molecular weight excluding hydrogens is 585 g/mol. The van der Waals surface area contributed by atoms with E-state index in [1.165, 1.54) is 6.07 Å². The fourth-order valence-electron chi connectivity index (χ4n) is 5.25. The zero-order chi connectivity index (χ0) is 31.5. The maximum absolute atomic E-state index is 14.7. The Morgan fingerprint density at radius 2 is 1.36 bits per heavy atom. The predicted octanol–water partition coefficient (Wildman–Crippen LogP) is 7.44. The summed E-state index contributed by atoms with van der Waals surface area (Å²) in [5.41, 5.74) is 5.79. The maximum atomic E-state index is 14.7. The second-order valence-electron chi connectivity index (χ2n) is 10.4. The van der Waals surface area contributed by atoms with E-state index in [9.17, 15) is 14.0 Å². The van der Waals surface area contributed by atoms with Gasteiger partial charge in [-0.1, -0.05) is 72.8 Å². The molecule has 2 heterocycles. The first-order valence-electron chi connectivity index (χ1n) is 14.2. The number of amides is 1. The van der Waals surface area contributed by atoms with Crippen LogP contribution in [0.25, 0.3) is 22.6 Å². The van der Waals surface area contributed by atoms with Gasteiger partial charge in [0.15, 0.2) is 10.9 Å². The van der Waals surface area contributed by atoms with E-state index in [4.69, 9.17) is 17.3 Å². The number of benzene rings is 4. The lowest BCUT2D eigenvalue weighted by molar-refractivity contribution is 0.0975. The smallest absolute Gasteiger partial charge is 0.257 e. The Morgan fingerprint density at radius 1 is 0.756 bits per heavy atom. The van der Waals surface area contributed by atoms with Gasteiger partial charge in [0.05, 0.1) is 17.1 Å². The van der Waals surface area contributed by atoms with Crippen molar-refractivity contribution in [3.63, 3.8) is 0 Å². The van der Waals surface area contributed by atoms with E-state index in [0.29, 0.717) is 33.9 Å². The number of para-hydroxylation sites is 2. The zero-order valence-corrected chi connectivity index (χ0v) is 25.3. The highest BCUT2D eigenvalue weighted by atomic mass is 32.1. The van der Waals surface area contributed by atoms with Crippen molar-refractivity contribution in [3.05, 3.63) is 155 Å². The van der Waals surface area contributed by atoms with Gasteiger partial charge in [-0.25, -0.2) is 9.07 Å². The van der Waals surface area contributed by atoms with Crippen LogP contribution >= 0.6 is 12.2 Å². The Morgan fingerprint density at radius 3 is 2.04 bits per heavy atom. The second-order valence-corrected chi connectivity index (χ2v) is 10.8. The summed E-state index contributed by atoms with van der Waals surface area (Å²) in [6.45, 7) is 3.85. The summed E-state index contributed by atoms with van der Waals surface area (Å²) in [5, 5.41) is 10.8. The molecule has 0 saturated heterocycles. The lowest BCUT2D eigenvalue weighted by Gasteiger charge is -2.12. The molecule has 0 fully saturated rings. The molecule has 6 rings (SSSR count). The Labute approximate surface area is 265 Å². The van der Waals surface area contributed by atoms with E-state index < -0.39 is 5.91 Å². The topological polar surface area (TPSA) is 80.9 Å². The lowest BCUT2D eigenvalue weighted by atomic mass is 10.0. The van der Waals surface area contributed by atoms with Gasteiger partial charge in [-0.3, -0.25) is 14.9 Å². The number of hydrogen-bond acceptors (Lipinski definition) is 4. The third-order valence-electron chi connectivity index (χ3n) is 7.42. The van der Waals surface area contributed by atoms with Crippen molar-refractivity contribution in [2.75, 3.05) is 5.32 Å². The van der Waals surface area contributed by atoms with Gasteiger partial charge < -0.3 is 9.88 Å². The van der Waals surface area contributed by atoms with E-state index in [2.05, 4.69) is 10.6 Å². The van der Waals surface area contributed by atoms with Crippen LogP contribution in [0.15, 0.2) is 121 Å². The van der Waals surface area contributed by atoms with Crippen molar-refractivity contribution in [3.8, 4) is 22.6 Å². The van der Waals surface area contributed by atoms with Crippen molar-refractivity contribution in [2.45, 2.75) is 13.8 Å². The molecule has 0 unspecified atom stereocenters. The number of nitrogens with one attached hydrogen (secondary N) is 2. The molecule has 0 atom stereocenters. The Bertz CT molecular complexity index is 2030. The first-order valence-corrected chi connectivity index (χ1v) is 14.6. The Balaban J connectivity index is 1.25. The molecule has 45 heavy (non-hydrogen) atoms. The second kappa shape index (κ2) is 12.5. The number of aryl methyl sites for hydroxylation is 1. The van der Waals surface area contributed by atoms with Gasteiger partial charge in [-0.15, -0.1) is 0 Å². The summed E-state index contributed by atoms with van der Waals surface area (Å²) in [7, 11) is 0. The molecule has 0 spiro atoms. The van der Waals surface area contributed by atoms with Crippen molar-refractivity contribution < 1.29 is 14.0 Å². The summed E-state index contributed by atoms with van der Waals surface area (Å²) in [6, 6.07) is 35.3. The van der Waals surface area contributed by atoms with Crippen molar-refractivity contribution in [1.29, 1.82) is 0 Å². The molecule has 0 bridgehead atoms. The summed E-state index contributed by atoms with van der Waals surface area (Å²) in [4.78, 5) is 25.8. The zero-order valence-electron chi connectivity index (χ0n) is 24.5. The molecule has 0 aliphatic rings. The van der Waals surface area contributed by atoms with E-state index in [-0.39, 0.29) is 16.7 Å². The van der Waals surface area contributed by atoms with E-state index in [1.807, 2.05) is 66.9 Å². The van der Waals surface area contributed by atoms with E-state index in [1.54, 1.807) is 71.4 Å². The number of carbonyl (C=O) groups excluding carboxylic acids is 2. The number of anilines is 1. The van der Waals surface area contributed by atoms with E-state index >= 15 is 0 Å². The molecule has 6 aromatic rings. The molecule has 222 valence electrons. The quantitative estimate of drug-likeness (QED) is 0.145. The minimum absolute atomic E-state index is 0.0740. The van der Waals surface area contributed by atoms with Crippen LogP contribution < -0.4 is 10.6 Å². The first kappa shape index (κ1) is 29.4. The van der Waals surface area contributed by atoms with Gasteiger partial charge in [0, 0.05) is 39.7 Å². The SMILES string of the molecule is Cc1cc(-c2cc(NC(=S)NC(=O)c3ccc(C(=O)c4ccccc4)cc3)n(-c3ccccc3)n2)c(C)n1-c1ccccc1F. The number of nitrogens with zero attached hydrogens (tertiary/aromatic N) is 3. The molecule has 0 radical (unpaired) electrons. The molecule has 0 saturated carbocycles. The van der Waals surface area contributed by atoms with Crippen LogP contribution in [0.5, 0.6) is 0 Å². The van der Waals surface area contributed by atoms with Gasteiger partial charge in [0.25, 0.3) is 5.91 Å². The molecule has 0 aliphatic heterocycles. The van der Waals surface area contributed by atoms with Crippen molar-refractivity contribution >= 4 is 34.8 Å². The highest BCUT2D eigenvalue weighted by Crippen LogP contribution is 2.32. The fourth-order valence-corrected chi connectivity index (χ4v) is 5.44. The highest BCUT2D eigenvalue weighted by molar-refractivity contribution is 7.80. The fraction of sp³-hybridized carbons (Fsp3) is 0.0556. The van der Waals surface area contributed by atoms with Gasteiger partial charge >= 0.3 is 0 Å². The van der Waals surface area contributed by atoms with Gasteiger partial charge in [0.1, 0.15) is 11.6 Å². The largest absolute Gasteiger partial charge is 0.317 e. The van der Waals surface area contributed by atoms with Crippen LogP contribution in [0, 0.1) is 19.7 Å². The molecular formula is C36H28FN5O2S. The number of carbonyl (C=O) groups is 2. The average Bonchev–Trinajstić information content (AvgIpc) is 3.61. The average molecular weight is 614 g/mol.